The quantitative estimate of drug-likeness (QED) is 0.775. The van der Waals surface area contributed by atoms with Gasteiger partial charge in [-0.1, -0.05) is 6.92 Å². The standard InChI is InChI=1S/C12H20N2O4/c1-12(2-3-12)8-13-11(17)14-4-5-18-7-9(14)6-10(15)16/h9H,2-8H2,1H3,(H,13,17)(H,15,16). The number of nitrogens with zero attached hydrogens (tertiary/aromatic N) is 1. The van der Waals surface area contributed by atoms with E-state index < -0.39 is 5.97 Å². The van der Waals surface area contributed by atoms with Gasteiger partial charge in [0.25, 0.3) is 0 Å². The minimum absolute atomic E-state index is 0.0648. The minimum Gasteiger partial charge on any atom is -0.481 e. The maximum atomic E-state index is 12.0. The van der Waals surface area contributed by atoms with Crippen LogP contribution in [0, 0.1) is 5.41 Å². The zero-order valence-electron chi connectivity index (χ0n) is 10.6. The number of urea groups is 1. The largest absolute Gasteiger partial charge is 0.481 e. The number of amides is 2. The normalized spacial score (nSPS) is 25.6. The van der Waals surface area contributed by atoms with Crippen LogP contribution in [0.5, 0.6) is 0 Å². The molecule has 0 radical (unpaired) electrons. The molecule has 1 aliphatic heterocycles. The Labute approximate surface area is 106 Å². The summed E-state index contributed by atoms with van der Waals surface area (Å²) in [5, 5.41) is 11.7. The number of aliphatic carboxylic acids is 1. The number of nitrogens with one attached hydrogen (secondary N) is 1. The van der Waals surface area contributed by atoms with Crippen molar-refractivity contribution >= 4 is 12.0 Å². The van der Waals surface area contributed by atoms with Gasteiger partial charge in [-0.25, -0.2) is 4.79 Å². The Hall–Kier alpha value is -1.30. The van der Waals surface area contributed by atoms with Crippen LogP contribution < -0.4 is 5.32 Å². The van der Waals surface area contributed by atoms with Crippen LogP contribution in [0.25, 0.3) is 0 Å². The summed E-state index contributed by atoms with van der Waals surface area (Å²) in [6.07, 6.45) is 2.23. The molecule has 1 saturated heterocycles. The lowest BCUT2D eigenvalue weighted by atomic mass is 10.1. The van der Waals surface area contributed by atoms with Crippen molar-refractivity contribution in [3.05, 3.63) is 0 Å². The fourth-order valence-electron chi connectivity index (χ4n) is 2.07. The second-order valence-corrected chi connectivity index (χ2v) is 5.49. The third kappa shape index (κ3) is 3.35. The van der Waals surface area contributed by atoms with E-state index in [1.54, 1.807) is 4.90 Å². The van der Waals surface area contributed by atoms with Gasteiger partial charge in [-0.15, -0.1) is 0 Å². The van der Waals surface area contributed by atoms with Gasteiger partial charge in [0.05, 0.1) is 25.7 Å². The molecule has 2 rings (SSSR count). The summed E-state index contributed by atoms with van der Waals surface area (Å²) in [4.78, 5) is 24.4. The Morgan fingerprint density at radius 3 is 2.83 bits per heavy atom. The smallest absolute Gasteiger partial charge is 0.317 e. The highest BCUT2D eigenvalue weighted by molar-refractivity contribution is 5.76. The van der Waals surface area contributed by atoms with E-state index in [1.165, 1.54) is 0 Å². The molecule has 18 heavy (non-hydrogen) atoms. The number of rotatable bonds is 4. The van der Waals surface area contributed by atoms with Gasteiger partial charge in [0.2, 0.25) is 0 Å². The number of carboxylic acids is 1. The van der Waals surface area contributed by atoms with Gasteiger partial charge in [-0.05, 0) is 18.3 Å². The molecule has 2 fully saturated rings. The van der Waals surface area contributed by atoms with Crippen LogP contribution in [-0.2, 0) is 9.53 Å². The van der Waals surface area contributed by atoms with E-state index in [0.717, 1.165) is 12.8 Å². The van der Waals surface area contributed by atoms with Crippen LogP contribution >= 0.6 is 0 Å². The number of carbonyl (C=O) groups is 2. The highest BCUT2D eigenvalue weighted by Gasteiger charge is 2.38. The third-order valence-electron chi connectivity index (χ3n) is 3.67. The number of hydrogen-bond acceptors (Lipinski definition) is 3. The van der Waals surface area contributed by atoms with Gasteiger partial charge < -0.3 is 20.1 Å². The number of hydrogen-bond donors (Lipinski definition) is 2. The van der Waals surface area contributed by atoms with Crippen molar-refractivity contribution in [1.82, 2.24) is 10.2 Å². The molecule has 1 unspecified atom stereocenters. The van der Waals surface area contributed by atoms with Gasteiger partial charge in [-0.3, -0.25) is 4.79 Å². The number of ether oxygens (including phenoxy) is 1. The van der Waals surface area contributed by atoms with Crippen molar-refractivity contribution in [3.63, 3.8) is 0 Å². The lowest BCUT2D eigenvalue weighted by Gasteiger charge is -2.35. The molecule has 0 aromatic heterocycles. The Morgan fingerprint density at radius 2 is 2.22 bits per heavy atom. The van der Waals surface area contributed by atoms with Crippen LogP contribution in [0.1, 0.15) is 26.2 Å². The van der Waals surface area contributed by atoms with Crippen LogP contribution in [0.15, 0.2) is 0 Å². The summed E-state index contributed by atoms with van der Waals surface area (Å²) in [5.41, 5.74) is 0.254. The van der Waals surface area contributed by atoms with Crippen molar-refractivity contribution in [1.29, 1.82) is 0 Å². The van der Waals surface area contributed by atoms with E-state index in [4.69, 9.17) is 9.84 Å². The molecule has 1 aliphatic carbocycles. The van der Waals surface area contributed by atoms with E-state index in [-0.39, 0.29) is 23.9 Å². The molecular formula is C12H20N2O4. The predicted octanol–water partition coefficient (Wildman–Crippen LogP) is 0.672. The molecule has 2 N–H and O–H groups in total. The van der Waals surface area contributed by atoms with E-state index in [1.807, 2.05) is 0 Å². The molecule has 0 aromatic carbocycles. The SMILES string of the molecule is CC1(CNC(=O)N2CCOCC2CC(=O)O)CC1. The first-order valence-corrected chi connectivity index (χ1v) is 6.34. The van der Waals surface area contributed by atoms with Crippen molar-refractivity contribution in [2.24, 2.45) is 5.41 Å². The second kappa shape index (κ2) is 5.14. The highest BCUT2D eigenvalue weighted by atomic mass is 16.5. The van der Waals surface area contributed by atoms with Gasteiger partial charge in [0.1, 0.15) is 0 Å². The molecule has 102 valence electrons. The average Bonchev–Trinajstić information content (AvgIpc) is 3.05. The molecule has 0 aromatic rings. The first kappa shape index (κ1) is 13.1. The summed E-state index contributed by atoms with van der Waals surface area (Å²) in [6, 6.07) is -0.527. The molecule has 1 saturated carbocycles. The predicted molar refractivity (Wildman–Crippen MR) is 64.3 cm³/mol. The minimum atomic E-state index is -0.905. The first-order valence-electron chi connectivity index (χ1n) is 6.34. The van der Waals surface area contributed by atoms with E-state index in [9.17, 15) is 9.59 Å². The topological polar surface area (TPSA) is 78.9 Å². The summed E-state index contributed by atoms with van der Waals surface area (Å²) < 4.78 is 5.24. The summed E-state index contributed by atoms with van der Waals surface area (Å²) in [6.45, 7) is 4.04. The molecule has 6 heteroatoms. The zero-order chi connectivity index (χ0) is 13.2. The number of morpholine rings is 1. The van der Waals surface area contributed by atoms with Gasteiger partial charge in [0.15, 0.2) is 0 Å². The highest BCUT2D eigenvalue weighted by Crippen LogP contribution is 2.44. The van der Waals surface area contributed by atoms with E-state index in [2.05, 4.69) is 12.2 Å². The molecular weight excluding hydrogens is 236 g/mol. The maximum Gasteiger partial charge on any atom is 0.317 e. The summed E-state index contributed by atoms with van der Waals surface area (Å²) >= 11 is 0. The molecule has 1 atom stereocenters. The lowest BCUT2D eigenvalue weighted by Crippen LogP contribution is -2.53. The van der Waals surface area contributed by atoms with Gasteiger partial charge >= 0.3 is 12.0 Å². The van der Waals surface area contributed by atoms with Crippen LogP contribution in [0.4, 0.5) is 4.79 Å². The summed E-state index contributed by atoms with van der Waals surface area (Å²) in [5.74, 6) is -0.905. The fourth-order valence-corrected chi connectivity index (χ4v) is 2.07. The molecule has 2 amide bonds. The van der Waals surface area contributed by atoms with Crippen LogP contribution in [0.3, 0.4) is 0 Å². The maximum absolute atomic E-state index is 12.0. The number of carboxylic acid groups (broad SMARTS) is 1. The fraction of sp³-hybridized carbons (Fsp3) is 0.833. The zero-order valence-corrected chi connectivity index (χ0v) is 10.6. The Balaban J connectivity index is 1.86. The van der Waals surface area contributed by atoms with Crippen molar-refractivity contribution in [2.75, 3.05) is 26.3 Å². The Kier molecular flexibility index (Phi) is 3.75. The lowest BCUT2D eigenvalue weighted by molar-refractivity contribution is -0.139. The van der Waals surface area contributed by atoms with Crippen LogP contribution in [0.2, 0.25) is 0 Å². The van der Waals surface area contributed by atoms with Crippen molar-refractivity contribution < 1.29 is 19.4 Å². The Bertz CT molecular complexity index is 341. The first-order chi connectivity index (χ1) is 8.50. The van der Waals surface area contributed by atoms with Crippen LogP contribution in [-0.4, -0.2) is 54.4 Å². The van der Waals surface area contributed by atoms with Gasteiger partial charge in [-0.2, -0.15) is 0 Å². The van der Waals surface area contributed by atoms with Gasteiger partial charge in [0, 0.05) is 13.1 Å². The molecule has 6 nitrogen and oxygen atoms in total. The van der Waals surface area contributed by atoms with Crippen molar-refractivity contribution in [3.8, 4) is 0 Å². The molecule has 0 bridgehead atoms. The second-order valence-electron chi connectivity index (χ2n) is 5.49. The number of carbonyl (C=O) groups excluding carboxylic acids is 1. The molecule has 0 spiro atoms. The third-order valence-corrected chi connectivity index (χ3v) is 3.67. The van der Waals surface area contributed by atoms with Crippen molar-refractivity contribution in [2.45, 2.75) is 32.2 Å². The Morgan fingerprint density at radius 1 is 1.50 bits per heavy atom. The monoisotopic (exact) mass is 256 g/mol. The average molecular weight is 256 g/mol. The molecule has 1 heterocycles. The summed E-state index contributed by atoms with van der Waals surface area (Å²) in [7, 11) is 0. The molecule has 2 aliphatic rings. The van der Waals surface area contributed by atoms with E-state index in [0.29, 0.717) is 26.3 Å². The van der Waals surface area contributed by atoms with E-state index >= 15 is 0 Å².